The lowest BCUT2D eigenvalue weighted by atomic mass is 9.86. The normalized spacial score (nSPS) is 18.9. The third-order valence-electron chi connectivity index (χ3n) is 4.71. The van der Waals surface area contributed by atoms with Gasteiger partial charge < -0.3 is 0 Å². The molecule has 0 radical (unpaired) electrons. The van der Waals surface area contributed by atoms with Gasteiger partial charge in [-0.2, -0.15) is 0 Å². The van der Waals surface area contributed by atoms with E-state index in [4.69, 9.17) is 0 Å². The van der Waals surface area contributed by atoms with Crippen LogP contribution in [0.5, 0.6) is 0 Å². The Balaban J connectivity index is 1.87. The summed E-state index contributed by atoms with van der Waals surface area (Å²) < 4.78 is 27.9. The Morgan fingerprint density at radius 3 is 2.21 bits per heavy atom. The highest BCUT2D eigenvalue weighted by molar-refractivity contribution is 6.48. The monoisotopic (exact) mass is 393 g/mol. The molecule has 2 heterocycles. The van der Waals surface area contributed by atoms with E-state index in [2.05, 4.69) is 9.97 Å². The summed E-state index contributed by atoms with van der Waals surface area (Å²) in [5.41, 5.74) is 0.0225. The van der Waals surface area contributed by atoms with Gasteiger partial charge >= 0.3 is 0 Å². The predicted molar refractivity (Wildman–Crippen MR) is 97.9 cm³/mol. The molecule has 6 nitrogen and oxygen atoms in total. The largest absolute Gasteiger partial charge is 0.298 e. The Morgan fingerprint density at radius 2 is 1.55 bits per heavy atom. The summed E-state index contributed by atoms with van der Waals surface area (Å²) in [7, 11) is 0. The van der Waals surface area contributed by atoms with Gasteiger partial charge in [-0.1, -0.05) is 18.2 Å². The molecule has 2 atom stereocenters. The van der Waals surface area contributed by atoms with Gasteiger partial charge in [0.1, 0.15) is 17.6 Å². The maximum absolute atomic E-state index is 14.6. The second-order valence-electron chi connectivity index (χ2n) is 6.40. The minimum atomic E-state index is -1.52. The van der Waals surface area contributed by atoms with Crippen LogP contribution < -0.4 is 4.90 Å². The van der Waals surface area contributed by atoms with E-state index in [1.54, 1.807) is 0 Å². The maximum Gasteiger partial charge on any atom is 0.298 e. The first-order valence-corrected chi connectivity index (χ1v) is 8.67. The van der Waals surface area contributed by atoms with Gasteiger partial charge in [0.25, 0.3) is 5.91 Å². The highest BCUT2D eigenvalue weighted by atomic mass is 19.1. The van der Waals surface area contributed by atoms with Crippen molar-refractivity contribution in [3.8, 4) is 0 Å². The van der Waals surface area contributed by atoms with Crippen molar-refractivity contribution in [2.24, 2.45) is 5.92 Å². The third kappa shape index (κ3) is 3.18. The Labute approximate surface area is 163 Å². The molecule has 3 aromatic rings. The van der Waals surface area contributed by atoms with Crippen LogP contribution in [0.1, 0.15) is 22.0 Å². The van der Waals surface area contributed by atoms with Crippen LogP contribution in [-0.4, -0.2) is 27.4 Å². The molecule has 1 fully saturated rings. The fourth-order valence-corrected chi connectivity index (χ4v) is 3.39. The number of hydrogen-bond acceptors (Lipinski definition) is 5. The minimum absolute atomic E-state index is 0.0142. The number of amides is 1. The summed E-state index contributed by atoms with van der Waals surface area (Å²) >= 11 is 0. The summed E-state index contributed by atoms with van der Waals surface area (Å²) in [5, 5.41) is 0. The van der Waals surface area contributed by atoms with Crippen molar-refractivity contribution in [3.63, 3.8) is 0 Å². The van der Waals surface area contributed by atoms with Gasteiger partial charge in [-0.25, -0.2) is 18.7 Å². The Hall–Kier alpha value is -3.81. The van der Waals surface area contributed by atoms with Gasteiger partial charge in [0.15, 0.2) is 5.78 Å². The minimum Gasteiger partial charge on any atom is -0.293 e. The number of benzene rings is 2. The summed E-state index contributed by atoms with van der Waals surface area (Å²) in [5.74, 6) is -5.60. The molecule has 0 bridgehead atoms. The van der Waals surface area contributed by atoms with Gasteiger partial charge in [-0.05, 0) is 36.4 Å². The molecule has 1 aromatic heterocycles. The molecule has 2 unspecified atom stereocenters. The van der Waals surface area contributed by atoms with Crippen LogP contribution >= 0.6 is 0 Å². The van der Waals surface area contributed by atoms with Gasteiger partial charge in [-0.3, -0.25) is 19.3 Å². The zero-order chi connectivity index (χ0) is 20.5. The van der Waals surface area contributed by atoms with Crippen molar-refractivity contribution in [2.45, 2.75) is 6.04 Å². The van der Waals surface area contributed by atoms with E-state index in [-0.39, 0.29) is 17.1 Å². The molecule has 0 saturated carbocycles. The van der Waals surface area contributed by atoms with Crippen molar-refractivity contribution >= 4 is 23.4 Å². The Kier molecular flexibility index (Phi) is 4.67. The molecular weight excluding hydrogens is 380 g/mol. The van der Waals surface area contributed by atoms with Crippen molar-refractivity contribution in [2.75, 3.05) is 4.90 Å². The molecule has 29 heavy (non-hydrogen) atoms. The van der Waals surface area contributed by atoms with E-state index in [0.717, 1.165) is 17.0 Å². The van der Waals surface area contributed by atoms with Crippen LogP contribution in [0.2, 0.25) is 0 Å². The number of Topliss-reactive ketones (excluding diaryl/α,β-unsaturated/α-hetero) is 2. The molecule has 2 aromatic carbocycles. The van der Waals surface area contributed by atoms with E-state index in [1.807, 2.05) is 0 Å². The lowest BCUT2D eigenvalue weighted by molar-refractivity contribution is -0.135. The number of ketones is 2. The Bertz CT molecular complexity index is 1100. The molecule has 4 rings (SSSR count). The topological polar surface area (TPSA) is 80.2 Å². The SMILES string of the molecule is O=C1C(=O)N(c2ncccn2)C(c2ccccc2F)C1C(=O)c1ccc(F)cc1. The van der Waals surface area contributed by atoms with Crippen LogP contribution in [-0.2, 0) is 9.59 Å². The number of rotatable bonds is 4. The molecule has 1 amide bonds. The van der Waals surface area contributed by atoms with Gasteiger partial charge in [-0.15, -0.1) is 0 Å². The van der Waals surface area contributed by atoms with Gasteiger partial charge in [0.2, 0.25) is 11.7 Å². The van der Waals surface area contributed by atoms with Crippen molar-refractivity contribution < 1.29 is 23.2 Å². The highest BCUT2D eigenvalue weighted by Gasteiger charge is 2.53. The molecular formula is C21H13F2N3O3. The molecule has 0 spiro atoms. The van der Waals surface area contributed by atoms with Crippen molar-refractivity contribution in [1.82, 2.24) is 9.97 Å². The standard InChI is InChI=1S/C21H13F2N3O3/c22-13-8-6-12(7-9-13)18(27)16-17(14-4-1-2-5-15(14)23)26(20(29)19(16)28)21-24-10-3-11-25-21/h1-11,16-17H. The summed E-state index contributed by atoms with van der Waals surface area (Å²) in [6.07, 6.45) is 2.74. The van der Waals surface area contributed by atoms with Gasteiger partial charge in [0.05, 0.1) is 6.04 Å². The molecule has 1 aliphatic rings. The van der Waals surface area contributed by atoms with Crippen LogP contribution in [0.4, 0.5) is 14.7 Å². The molecule has 0 aliphatic carbocycles. The number of anilines is 1. The van der Waals surface area contributed by atoms with Crippen LogP contribution in [0, 0.1) is 17.6 Å². The first-order chi connectivity index (χ1) is 14.0. The fraction of sp³-hybridized carbons (Fsp3) is 0.0952. The van der Waals surface area contributed by atoms with Gasteiger partial charge in [0, 0.05) is 23.5 Å². The smallest absolute Gasteiger partial charge is 0.293 e. The molecule has 0 N–H and O–H groups in total. The average molecular weight is 393 g/mol. The molecule has 1 saturated heterocycles. The average Bonchev–Trinajstić information content (AvgIpc) is 3.00. The summed E-state index contributed by atoms with van der Waals surface area (Å²) in [6, 6.07) is 10.4. The summed E-state index contributed by atoms with van der Waals surface area (Å²) in [4.78, 5) is 47.6. The van der Waals surface area contributed by atoms with Crippen molar-refractivity contribution in [3.05, 3.63) is 89.8 Å². The quantitative estimate of drug-likeness (QED) is 0.387. The van der Waals surface area contributed by atoms with E-state index >= 15 is 0 Å². The number of hydrogen-bond donors (Lipinski definition) is 0. The van der Waals surface area contributed by atoms with E-state index in [9.17, 15) is 23.2 Å². The lowest BCUT2D eigenvalue weighted by Crippen LogP contribution is -2.32. The predicted octanol–water partition coefficient (Wildman–Crippen LogP) is 2.91. The zero-order valence-electron chi connectivity index (χ0n) is 14.8. The third-order valence-corrected chi connectivity index (χ3v) is 4.71. The number of halogens is 2. The number of carbonyl (C=O) groups is 3. The van der Waals surface area contributed by atoms with E-state index in [1.165, 1.54) is 54.9 Å². The first kappa shape index (κ1) is 18.5. The molecule has 8 heteroatoms. The number of nitrogens with zero attached hydrogens (tertiary/aromatic N) is 3. The fourth-order valence-electron chi connectivity index (χ4n) is 3.39. The van der Waals surface area contributed by atoms with Crippen LogP contribution in [0.15, 0.2) is 67.0 Å². The first-order valence-electron chi connectivity index (χ1n) is 8.67. The number of aromatic nitrogens is 2. The van der Waals surface area contributed by atoms with E-state index < -0.39 is 41.1 Å². The van der Waals surface area contributed by atoms with Crippen LogP contribution in [0.25, 0.3) is 0 Å². The molecule has 144 valence electrons. The molecule has 1 aliphatic heterocycles. The lowest BCUT2D eigenvalue weighted by Gasteiger charge is -2.25. The number of carbonyl (C=O) groups excluding carboxylic acids is 3. The Morgan fingerprint density at radius 1 is 0.897 bits per heavy atom. The maximum atomic E-state index is 14.6. The second kappa shape index (κ2) is 7.31. The zero-order valence-corrected chi connectivity index (χ0v) is 14.8. The highest BCUT2D eigenvalue weighted by Crippen LogP contribution is 2.40. The second-order valence-corrected chi connectivity index (χ2v) is 6.40. The summed E-state index contributed by atoms with van der Waals surface area (Å²) in [6.45, 7) is 0. The van der Waals surface area contributed by atoms with Crippen molar-refractivity contribution in [1.29, 1.82) is 0 Å². The van der Waals surface area contributed by atoms with Crippen LogP contribution in [0.3, 0.4) is 0 Å². The van der Waals surface area contributed by atoms with E-state index in [0.29, 0.717) is 0 Å².